The van der Waals surface area contributed by atoms with Crippen molar-refractivity contribution in [2.45, 2.75) is 13.8 Å². The van der Waals surface area contributed by atoms with Gasteiger partial charge in [-0.05, 0) is 26.0 Å². The SMILES string of the molecule is CCN=C/C(C(=O)OCC)=C(/O)c1ccccc1Cl. The van der Waals surface area contributed by atoms with E-state index in [1.165, 1.54) is 6.21 Å². The molecule has 1 N–H and O–H groups in total. The molecule has 0 amide bonds. The minimum Gasteiger partial charge on any atom is -0.506 e. The third kappa shape index (κ3) is 4.10. The molecule has 0 heterocycles. The monoisotopic (exact) mass is 281 g/mol. The van der Waals surface area contributed by atoms with E-state index in [1.807, 2.05) is 6.92 Å². The second-order valence-electron chi connectivity index (χ2n) is 3.59. The van der Waals surface area contributed by atoms with Gasteiger partial charge in [0.05, 0.1) is 11.6 Å². The van der Waals surface area contributed by atoms with Crippen LogP contribution in [0.4, 0.5) is 0 Å². The Balaban J connectivity index is 3.27. The minimum atomic E-state index is -0.628. The highest BCUT2D eigenvalue weighted by atomic mass is 35.5. The zero-order valence-corrected chi connectivity index (χ0v) is 11.6. The molecule has 0 radical (unpaired) electrons. The molecule has 0 aliphatic rings. The van der Waals surface area contributed by atoms with Crippen molar-refractivity contribution >= 4 is 29.5 Å². The molecule has 0 unspecified atom stereocenters. The van der Waals surface area contributed by atoms with Gasteiger partial charge in [0.15, 0.2) is 0 Å². The third-order valence-electron chi connectivity index (χ3n) is 2.28. The van der Waals surface area contributed by atoms with Crippen LogP contribution >= 0.6 is 11.6 Å². The van der Waals surface area contributed by atoms with Crippen molar-refractivity contribution < 1.29 is 14.6 Å². The summed E-state index contributed by atoms with van der Waals surface area (Å²) < 4.78 is 4.89. The number of benzene rings is 1. The van der Waals surface area contributed by atoms with Gasteiger partial charge in [-0.25, -0.2) is 4.79 Å². The summed E-state index contributed by atoms with van der Waals surface area (Å²) in [6.07, 6.45) is 1.30. The Kier molecular flexibility index (Phi) is 6.09. The zero-order chi connectivity index (χ0) is 14.3. The van der Waals surface area contributed by atoms with Gasteiger partial charge in [-0.1, -0.05) is 23.7 Å². The lowest BCUT2D eigenvalue weighted by molar-refractivity contribution is -0.137. The van der Waals surface area contributed by atoms with E-state index >= 15 is 0 Å². The maximum absolute atomic E-state index is 11.8. The Morgan fingerprint density at radius 1 is 1.42 bits per heavy atom. The maximum Gasteiger partial charge on any atom is 0.343 e. The van der Waals surface area contributed by atoms with Crippen LogP contribution in [0.25, 0.3) is 5.76 Å². The van der Waals surface area contributed by atoms with Gasteiger partial charge in [-0.15, -0.1) is 0 Å². The highest BCUT2D eigenvalue weighted by molar-refractivity contribution is 6.32. The number of carbonyl (C=O) groups excluding carboxylic acids is 1. The van der Waals surface area contributed by atoms with Gasteiger partial charge in [-0.3, -0.25) is 4.99 Å². The van der Waals surface area contributed by atoms with Gasteiger partial charge in [-0.2, -0.15) is 0 Å². The topological polar surface area (TPSA) is 58.9 Å². The van der Waals surface area contributed by atoms with E-state index in [0.717, 1.165) is 0 Å². The number of esters is 1. The molecule has 0 atom stereocenters. The van der Waals surface area contributed by atoms with Gasteiger partial charge in [0.25, 0.3) is 0 Å². The summed E-state index contributed by atoms with van der Waals surface area (Å²) in [5.41, 5.74) is 0.367. The zero-order valence-electron chi connectivity index (χ0n) is 10.9. The normalized spacial score (nSPS) is 12.4. The summed E-state index contributed by atoms with van der Waals surface area (Å²) >= 11 is 5.99. The Labute approximate surface area is 117 Å². The molecule has 0 bridgehead atoms. The minimum absolute atomic E-state index is 0.00296. The fraction of sp³-hybridized carbons (Fsp3) is 0.286. The molecule has 0 saturated carbocycles. The van der Waals surface area contributed by atoms with E-state index in [2.05, 4.69) is 4.99 Å². The second kappa shape index (κ2) is 7.59. The van der Waals surface area contributed by atoms with Crippen molar-refractivity contribution in [3.63, 3.8) is 0 Å². The first-order valence-electron chi connectivity index (χ1n) is 5.96. The predicted octanol–water partition coefficient (Wildman–Crippen LogP) is 3.26. The van der Waals surface area contributed by atoms with Gasteiger partial charge in [0.2, 0.25) is 0 Å². The first-order valence-corrected chi connectivity index (χ1v) is 6.34. The molecule has 102 valence electrons. The molecule has 5 heteroatoms. The van der Waals surface area contributed by atoms with E-state index < -0.39 is 5.97 Å². The number of nitrogens with zero attached hydrogens (tertiary/aromatic N) is 1. The maximum atomic E-state index is 11.8. The summed E-state index contributed by atoms with van der Waals surface area (Å²) in [5.74, 6) is -0.863. The number of hydrogen-bond acceptors (Lipinski definition) is 4. The molecule has 1 aromatic rings. The lowest BCUT2D eigenvalue weighted by atomic mass is 10.1. The standard InChI is InChI=1S/C14H16ClNO3/c1-3-16-9-11(14(18)19-4-2)13(17)10-7-5-6-8-12(10)15/h5-9,17H,3-4H2,1-2H3/b13-11-,16-9?. The first kappa shape index (κ1) is 15.2. The average Bonchev–Trinajstić information content (AvgIpc) is 2.39. The van der Waals surface area contributed by atoms with Gasteiger partial charge in [0.1, 0.15) is 11.3 Å². The Hall–Kier alpha value is -1.81. The van der Waals surface area contributed by atoms with E-state index in [1.54, 1.807) is 31.2 Å². The number of hydrogen-bond donors (Lipinski definition) is 1. The van der Waals surface area contributed by atoms with E-state index in [4.69, 9.17) is 16.3 Å². The number of aliphatic hydroxyl groups excluding tert-OH is 1. The third-order valence-corrected chi connectivity index (χ3v) is 2.61. The molecule has 19 heavy (non-hydrogen) atoms. The number of aliphatic imine (C=N–C) groups is 1. The van der Waals surface area contributed by atoms with Crippen LogP contribution in [0.1, 0.15) is 19.4 Å². The van der Waals surface area contributed by atoms with Gasteiger partial charge >= 0.3 is 5.97 Å². The molecule has 0 saturated heterocycles. The van der Waals surface area contributed by atoms with Crippen molar-refractivity contribution in [2.24, 2.45) is 4.99 Å². The largest absolute Gasteiger partial charge is 0.506 e. The molecular formula is C14H16ClNO3. The quantitative estimate of drug-likeness (QED) is 0.390. The van der Waals surface area contributed by atoms with Crippen LogP contribution < -0.4 is 0 Å². The van der Waals surface area contributed by atoms with Crippen molar-refractivity contribution in [1.82, 2.24) is 0 Å². The summed E-state index contributed by atoms with van der Waals surface area (Å²) in [7, 11) is 0. The highest BCUT2D eigenvalue weighted by Crippen LogP contribution is 2.24. The lowest BCUT2D eigenvalue weighted by Gasteiger charge is -2.08. The van der Waals surface area contributed by atoms with Crippen LogP contribution in [0.5, 0.6) is 0 Å². The number of halogens is 1. The summed E-state index contributed by atoms with van der Waals surface area (Å²) in [5, 5.41) is 10.5. The van der Waals surface area contributed by atoms with Crippen molar-refractivity contribution in [3.05, 3.63) is 40.4 Å². The number of rotatable bonds is 5. The number of carbonyl (C=O) groups is 1. The molecule has 0 aromatic heterocycles. The van der Waals surface area contributed by atoms with E-state index in [0.29, 0.717) is 17.1 Å². The molecular weight excluding hydrogens is 266 g/mol. The van der Waals surface area contributed by atoms with Crippen LogP contribution in [0.2, 0.25) is 5.02 Å². The molecule has 0 fully saturated rings. The van der Waals surface area contributed by atoms with Gasteiger partial charge in [0, 0.05) is 18.3 Å². The van der Waals surface area contributed by atoms with Crippen molar-refractivity contribution in [2.75, 3.05) is 13.2 Å². The summed E-state index contributed by atoms with van der Waals surface area (Å²) in [4.78, 5) is 15.8. The van der Waals surface area contributed by atoms with Crippen LogP contribution in [0, 0.1) is 0 Å². The summed E-state index contributed by atoms with van der Waals surface area (Å²) in [6.45, 7) is 4.24. The Morgan fingerprint density at radius 2 is 2.11 bits per heavy atom. The Bertz CT molecular complexity index is 509. The van der Waals surface area contributed by atoms with Crippen LogP contribution in [0.3, 0.4) is 0 Å². The molecule has 0 aliphatic carbocycles. The lowest BCUT2D eigenvalue weighted by Crippen LogP contribution is -2.11. The smallest absolute Gasteiger partial charge is 0.343 e. The van der Waals surface area contributed by atoms with Crippen molar-refractivity contribution in [1.29, 1.82) is 0 Å². The molecule has 4 nitrogen and oxygen atoms in total. The van der Waals surface area contributed by atoms with Crippen LogP contribution in [-0.2, 0) is 9.53 Å². The van der Waals surface area contributed by atoms with Crippen LogP contribution in [-0.4, -0.2) is 30.4 Å². The van der Waals surface area contributed by atoms with E-state index in [-0.39, 0.29) is 17.9 Å². The molecule has 0 spiro atoms. The Morgan fingerprint density at radius 3 is 2.68 bits per heavy atom. The molecule has 0 aliphatic heterocycles. The highest BCUT2D eigenvalue weighted by Gasteiger charge is 2.17. The van der Waals surface area contributed by atoms with Gasteiger partial charge < -0.3 is 9.84 Å². The fourth-order valence-corrected chi connectivity index (χ4v) is 1.63. The first-order chi connectivity index (χ1) is 9.11. The molecule has 1 rings (SSSR count). The van der Waals surface area contributed by atoms with E-state index in [9.17, 15) is 9.90 Å². The second-order valence-corrected chi connectivity index (χ2v) is 4.00. The fourth-order valence-electron chi connectivity index (χ4n) is 1.40. The van der Waals surface area contributed by atoms with Crippen LogP contribution in [0.15, 0.2) is 34.8 Å². The predicted molar refractivity (Wildman–Crippen MR) is 76.7 cm³/mol. The molecule has 1 aromatic carbocycles. The number of ether oxygens (including phenoxy) is 1. The average molecular weight is 282 g/mol. The number of aliphatic hydroxyl groups is 1. The van der Waals surface area contributed by atoms with Crippen molar-refractivity contribution in [3.8, 4) is 0 Å². The summed E-state index contributed by atoms with van der Waals surface area (Å²) in [6, 6.07) is 6.71.